The molecular weight excluding hydrogens is 236 g/mol. The molecule has 4 nitrogen and oxygen atoms in total. The molecule has 0 aromatic carbocycles. The summed E-state index contributed by atoms with van der Waals surface area (Å²) in [6.07, 6.45) is 5.45. The van der Waals surface area contributed by atoms with Gasteiger partial charge in [0, 0.05) is 13.6 Å². The van der Waals surface area contributed by atoms with Crippen molar-refractivity contribution in [3.05, 3.63) is 0 Å². The second-order valence-electron chi connectivity index (χ2n) is 5.00. The van der Waals surface area contributed by atoms with Crippen LogP contribution in [-0.2, 0) is 10.0 Å². The fourth-order valence-electron chi connectivity index (χ4n) is 1.99. The number of hydrogen-bond acceptors (Lipinski definition) is 3. The van der Waals surface area contributed by atoms with Gasteiger partial charge < -0.3 is 5.32 Å². The molecule has 1 saturated carbocycles. The van der Waals surface area contributed by atoms with E-state index in [2.05, 4.69) is 12.2 Å². The number of rotatable bonds is 9. The van der Waals surface area contributed by atoms with Crippen molar-refractivity contribution in [2.75, 3.05) is 32.4 Å². The van der Waals surface area contributed by atoms with Crippen LogP contribution in [0.2, 0.25) is 0 Å². The molecule has 0 radical (unpaired) electrons. The Hall–Kier alpha value is -0.130. The van der Waals surface area contributed by atoms with E-state index in [4.69, 9.17) is 0 Å². The van der Waals surface area contributed by atoms with E-state index >= 15 is 0 Å². The number of sulfonamides is 1. The Balaban J connectivity index is 2.19. The zero-order valence-electron chi connectivity index (χ0n) is 11.1. The van der Waals surface area contributed by atoms with Gasteiger partial charge in [-0.05, 0) is 44.7 Å². The summed E-state index contributed by atoms with van der Waals surface area (Å²) in [4.78, 5) is 0. The molecule has 0 bridgehead atoms. The first-order valence-corrected chi connectivity index (χ1v) is 8.32. The maximum absolute atomic E-state index is 11.9. The fourth-order valence-corrected chi connectivity index (χ4v) is 3.25. The van der Waals surface area contributed by atoms with Crippen LogP contribution < -0.4 is 5.32 Å². The summed E-state index contributed by atoms with van der Waals surface area (Å²) in [6.45, 7) is 4.59. The molecule has 102 valence electrons. The van der Waals surface area contributed by atoms with Crippen LogP contribution in [-0.4, -0.2) is 45.2 Å². The van der Waals surface area contributed by atoms with E-state index in [1.807, 2.05) is 0 Å². The highest BCUT2D eigenvalue weighted by atomic mass is 32.2. The predicted octanol–water partition coefficient (Wildman–Crippen LogP) is 1.44. The molecule has 1 rings (SSSR count). The van der Waals surface area contributed by atoms with Gasteiger partial charge >= 0.3 is 0 Å². The van der Waals surface area contributed by atoms with Crippen molar-refractivity contribution in [2.45, 2.75) is 39.0 Å². The number of nitrogens with one attached hydrogen (secondary N) is 1. The number of nitrogens with zero attached hydrogens (tertiary/aromatic N) is 1. The van der Waals surface area contributed by atoms with Gasteiger partial charge in [0.25, 0.3) is 0 Å². The Morgan fingerprint density at radius 2 is 2.00 bits per heavy atom. The average molecular weight is 262 g/mol. The lowest BCUT2D eigenvalue weighted by Crippen LogP contribution is -2.36. The highest BCUT2D eigenvalue weighted by Gasteiger charge is 2.24. The maximum Gasteiger partial charge on any atom is 0.213 e. The summed E-state index contributed by atoms with van der Waals surface area (Å²) in [7, 11) is -1.31. The van der Waals surface area contributed by atoms with Gasteiger partial charge in [0.1, 0.15) is 0 Å². The van der Waals surface area contributed by atoms with Crippen molar-refractivity contribution in [2.24, 2.45) is 5.92 Å². The molecule has 0 saturated heterocycles. The molecule has 17 heavy (non-hydrogen) atoms. The molecule has 1 N–H and O–H groups in total. The number of hydrogen-bond donors (Lipinski definition) is 1. The van der Waals surface area contributed by atoms with Crippen LogP contribution >= 0.6 is 0 Å². The Kier molecular flexibility index (Phi) is 6.44. The van der Waals surface area contributed by atoms with Gasteiger partial charge in [0.2, 0.25) is 10.0 Å². The van der Waals surface area contributed by atoms with Crippen molar-refractivity contribution in [1.29, 1.82) is 0 Å². The Labute approximate surface area is 106 Å². The molecule has 0 atom stereocenters. The minimum Gasteiger partial charge on any atom is -0.317 e. The van der Waals surface area contributed by atoms with Crippen LogP contribution in [0.3, 0.4) is 0 Å². The molecule has 0 aromatic rings. The van der Waals surface area contributed by atoms with E-state index in [0.717, 1.165) is 19.5 Å². The van der Waals surface area contributed by atoms with E-state index in [-0.39, 0.29) is 5.75 Å². The summed E-state index contributed by atoms with van der Waals surface area (Å²) >= 11 is 0. The first-order chi connectivity index (χ1) is 8.06. The second kappa shape index (κ2) is 7.34. The van der Waals surface area contributed by atoms with Gasteiger partial charge in [0.05, 0.1) is 5.75 Å². The van der Waals surface area contributed by atoms with E-state index < -0.39 is 10.0 Å². The van der Waals surface area contributed by atoms with Crippen LogP contribution in [0.25, 0.3) is 0 Å². The third-order valence-corrected chi connectivity index (χ3v) is 5.30. The topological polar surface area (TPSA) is 49.4 Å². The van der Waals surface area contributed by atoms with Gasteiger partial charge in [0.15, 0.2) is 0 Å². The van der Waals surface area contributed by atoms with Gasteiger partial charge in [-0.2, -0.15) is 0 Å². The van der Waals surface area contributed by atoms with Crippen LogP contribution in [0.4, 0.5) is 0 Å². The molecule has 1 aliphatic carbocycles. The molecule has 0 heterocycles. The quantitative estimate of drug-likeness (QED) is 0.640. The molecular formula is C12H26N2O2S. The predicted molar refractivity (Wildman–Crippen MR) is 71.5 cm³/mol. The van der Waals surface area contributed by atoms with Crippen LogP contribution in [0.15, 0.2) is 0 Å². The van der Waals surface area contributed by atoms with E-state index in [9.17, 15) is 8.42 Å². The molecule has 5 heteroatoms. The standard InChI is InChI=1S/C12H26N2O2S/c1-3-8-13-9-5-10-17(15,16)14(2)11-12-6-4-7-12/h12-13H,3-11H2,1-2H3. The first-order valence-electron chi connectivity index (χ1n) is 6.71. The highest BCUT2D eigenvalue weighted by molar-refractivity contribution is 7.89. The van der Waals surface area contributed by atoms with Crippen molar-refractivity contribution < 1.29 is 8.42 Å². The minimum atomic E-state index is -3.03. The zero-order valence-corrected chi connectivity index (χ0v) is 11.9. The molecule has 0 aliphatic heterocycles. The van der Waals surface area contributed by atoms with Crippen molar-refractivity contribution >= 4 is 10.0 Å². The van der Waals surface area contributed by atoms with Crippen molar-refractivity contribution in [3.63, 3.8) is 0 Å². The lowest BCUT2D eigenvalue weighted by atomic mass is 9.86. The Morgan fingerprint density at radius 1 is 1.29 bits per heavy atom. The van der Waals surface area contributed by atoms with E-state index in [0.29, 0.717) is 18.9 Å². The molecule has 0 amide bonds. The Morgan fingerprint density at radius 3 is 2.53 bits per heavy atom. The summed E-state index contributed by atoms with van der Waals surface area (Å²) in [6, 6.07) is 0. The summed E-state index contributed by atoms with van der Waals surface area (Å²) in [5.41, 5.74) is 0. The van der Waals surface area contributed by atoms with E-state index in [1.54, 1.807) is 11.4 Å². The summed E-state index contributed by atoms with van der Waals surface area (Å²) in [5, 5.41) is 3.23. The molecule has 0 aromatic heterocycles. The van der Waals surface area contributed by atoms with Gasteiger partial charge in [-0.3, -0.25) is 0 Å². The largest absolute Gasteiger partial charge is 0.317 e. The Bertz CT molecular complexity index is 300. The van der Waals surface area contributed by atoms with Gasteiger partial charge in [-0.15, -0.1) is 0 Å². The fraction of sp³-hybridized carbons (Fsp3) is 1.00. The summed E-state index contributed by atoms with van der Waals surface area (Å²) < 4.78 is 25.4. The first kappa shape index (κ1) is 14.9. The average Bonchev–Trinajstić information content (AvgIpc) is 2.22. The van der Waals surface area contributed by atoms with Crippen molar-refractivity contribution in [1.82, 2.24) is 9.62 Å². The smallest absolute Gasteiger partial charge is 0.213 e. The normalized spacial score (nSPS) is 17.4. The maximum atomic E-state index is 11.9. The molecule has 0 spiro atoms. The SMILES string of the molecule is CCCNCCCS(=O)(=O)N(C)CC1CCC1. The lowest BCUT2D eigenvalue weighted by Gasteiger charge is -2.29. The third kappa shape index (κ3) is 5.36. The molecule has 0 unspecified atom stereocenters. The van der Waals surface area contributed by atoms with Gasteiger partial charge in [-0.25, -0.2) is 12.7 Å². The van der Waals surface area contributed by atoms with Crippen LogP contribution in [0, 0.1) is 5.92 Å². The second-order valence-corrected chi connectivity index (χ2v) is 7.19. The minimum absolute atomic E-state index is 0.271. The highest BCUT2D eigenvalue weighted by Crippen LogP contribution is 2.27. The van der Waals surface area contributed by atoms with Gasteiger partial charge in [-0.1, -0.05) is 13.3 Å². The van der Waals surface area contributed by atoms with Crippen molar-refractivity contribution in [3.8, 4) is 0 Å². The van der Waals surface area contributed by atoms with Crippen LogP contribution in [0.1, 0.15) is 39.0 Å². The summed E-state index contributed by atoms with van der Waals surface area (Å²) in [5.74, 6) is 0.875. The van der Waals surface area contributed by atoms with Crippen LogP contribution in [0.5, 0.6) is 0 Å². The van der Waals surface area contributed by atoms with E-state index in [1.165, 1.54) is 19.3 Å². The zero-order chi connectivity index (χ0) is 12.7. The lowest BCUT2D eigenvalue weighted by molar-refractivity contribution is 0.263. The third-order valence-electron chi connectivity index (χ3n) is 3.40. The monoisotopic (exact) mass is 262 g/mol. The molecule has 1 fully saturated rings. The molecule has 1 aliphatic rings.